The van der Waals surface area contributed by atoms with E-state index in [1.165, 1.54) is 11.1 Å². The van der Waals surface area contributed by atoms with E-state index in [0.29, 0.717) is 5.75 Å². The van der Waals surface area contributed by atoms with Crippen LogP contribution in [0.3, 0.4) is 0 Å². The number of hydrogen-bond donors (Lipinski definition) is 1. The van der Waals surface area contributed by atoms with Gasteiger partial charge in [-0.25, -0.2) is 0 Å². The quantitative estimate of drug-likeness (QED) is 0.628. The molecule has 0 saturated heterocycles. The lowest BCUT2D eigenvalue weighted by Gasteiger charge is -2.43. The van der Waals surface area contributed by atoms with E-state index in [9.17, 15) is 5.11 Å². The molecule has 3 aromatic carbocycles. The van der Waals surface area contributed by atoms with Gasteiger partial charge < -0.3 is 24.2 Å². The summed E-state index contributed by atoms with van der Waals surface area (Å²) in [6.07, 6.45) is 0.874. The van der Waals surface area contributed by atoms with Gasteiger partial charge in [0.15, 0.2) is 0 Å². The van der Waals surface area contributed by atoms with Gasteiger partial charge in [0.05, 0.1) is 32.8 Å². The van der Waals surface area contributed by atoms with Crippen LogP contribution in [-0.4, -0.2) is 32.5 Å². The predicted octanol–water partition coefficient (Wildman–Crippen LogP) is 5.39. The SMILES string of the molecule is COc1cc2c(c(OC)c1)C(C)N(c1ccc(OC)c3c(O)cc(C)cc13)[C@@H](C)C2. The molecule has 4 rings (SSSR count). The average molecular weight is 408 g/mol. The number of aromatic hydroxyl groups is 1. The Kier molecular flexibility index (Phi) is 5.14. The van der Waals surface area contributed by atoms with Gasteiger partial charge in [-0.2, -0.15) is 0 Å². The van der Waals surface area contributed by atoms with Crippen LogP contribution < -0.4 is 19.1 Å². The van der Waals surface area contributed by atoms with Crippen molar-refractivity contribution in [2.75, 3.05) is 26.2 Å². The van der Waals surface area contributed by atoms with Gasteiger partial charge in [0, 0.05) is 28.7 Å². The summed E-state index contributed by atoms with van der Waals surface area (Å²) in [5.41, 5.74) is 4.51. The standard InChI is InChI=1S/C25H29NO4/c1-14-9-19-20(7-8-22(29-5)25(19)21(27)10-14)26-15(2)11-17-12-18(28-4)13-23(30-6)24(17)16(26)3/h7-10,12-13,15-16,27H,11H2,1-6H3/t15-,16?/m0/s1. The molecule has 5 nitrogen and oxygen atoms in total. The highest BCUT2D eigenvalue weighted by atomic mass is 16.5. The maximum Gasteiger partial charge on any atom is 0.130 e. The Balaban J connectivity index is 1.93. The lowest BCUT2D eigenvalue weighted by molar-refractivity contribution is 0.381. The highest BCUT2D eigenvalue weighted by Crippen LogP contribution is 2.47. The van der Waals surface area contributed by atoms with Gasteiger partial charge in [-0.15, -0.1) is 0 Å². The number of phenolic OH excluding ortho intramolecular Hbond substituents is 1. The van der Waals surface area contributed by atoms with Crippen LogP contribution >= 0.6 is 0 Å². The molecule has 1 aliphatic rings. The summed E-state index contributed by atoms with van der Waals surface area (Å²) >= 11 is 0. The van der Waals surface area contributed by atoms with Crippen molar-refractivity contribution in [2.24, 2.45) is 0 Å². The van der Waals surface area contributed by atoms with Crippen molar-refractivity contribution in [3.8, 4) is 23.0 Å². The van der Waals surface area contributed by atoms with Crippen LogP contribution in [0.15, 0.2) is 36.4 Å². The van der Waals surface area contributed by atoms with Gasteiger partial charge in [0.2, 0.25) is 0 Å². The second-order valence-corrected chi connectivity index (χ2v) is 8.03. The highest BCUT2D eigenvalue weighted by Gasteiger charge is 2.33. The van der Waals surface area contributed by atoms with Crippen LogP contribution in [0.2, 0.25) is 0 Å². The Bertz CT molecular complexity index is 1110. The highest BCUT2D eigenvalue weighted by molar-refractivity contribution is 6.02. The zero-order chi connectivity index (χ0) is 21.6. The van der Waals surface area contributed by atoms with Crippen LogP contribution in [0, 0.1) is 6.92 Å². The van der Waals surface area contributed by atoms with Crippen LogP contribution in [0.5, 0.6) is 23.0 Å². The summed E-state index contributed by atoms with van der Waals surface area (Å²) in [5, 5.41) is 12.4. The van der Waals surface area contributed by atoms with Gasteiger partial charge in [0.25, 0.3) is 0 Å². The molecule has 1 aliphatic heterocycles. The monoisotopic (exact) mass is 407 g/mol. The van der Waals surface area contributed by atoms with E-state index in [2.05, 4.69) is 36.9 Å². The largest absolute Gasteiger partial charge is 0.507 e. The van der Waals surface area contributed by atoms with Crippen molar-refractivity contribution in [1.82, 2.24) is 0 Å². The Labute approximate surface area is 177 Å². The number of rotatable bonds is 4. The molecule has 1 heterocycles. The number of ether oxygens (including phenoxy) is 3. The second-order valence-electron chi connectivity index (χ2n) is 8.03. The third-order valence-corrected chi connectivity index (χ3v) is 6.16. The van der Waals surface area contributed by atoms with E-state index in [1.54, 1.807) is 27.4 Å². The molecule has 2 atom stereocenters. The number of phenols is 1. The molecule has 5 heteroatoms. The molecule has 158 valence electrons. The minimum atomic E-state index is 0.0869. The van der Waals surface area contributed by atoms with Crippen molar-refractivity contribution in [1.29, 1.82) is 0 Å². The van der Waals surface area contributed by atoms with Gasteiger partial charge in [0.1, 0.15) is 23.0 Å². The smallest absolute Gasteiger partial charge is 0.130 e. The minimum Gasteiger partial charge on any atom is -0.507 e. The third-order valence-electron chi connectivity index (χ3n) is 6.16. The van der Waals surface area contributed by atoms with Crippen LogP contribution in [-0.2, 0) is 6.42 Å². The molecule has 1 N–H and O–H groups in total. The van der Waals surface area contributed by atoms with Crippen molar-refractivity contribution in [3.05, 3.63) is 53.1 Å². The second kappa shape index (κ2) is 7.63. The maximum atomic E-state index is 10.7. The molecule has 0 radical (unpaired) electrons. The summed E-state index contributed by atoms with van der Waals surface area (Å²) in [6.45, 7) is 6.43. The first-order valence-electron chi connectivity index (χ1n) is 10.2. The fraction of sp³-hybridized carbons (Fsp3) is 0.360. The van der Waals surface area contributed by atoms with Crippen LogP contribution in [0.25, 0.3) is 10.8 Å². The molecule has 0 aliphatic carbocycles. The van der Waals surface area contributed by atoms with E-state index in [1.807, 2.05) is 19.1 Å². The molecule has 0 spiro atoms. The summed E-state index contributed by atoms with van der Waals surface area (Å²) in [4.78, 5) is 2.41. The zero-order valence-electron chi connectivity index (χ0n) is 18.4. The number of nitrogens with zero attached hydrogens (tertiary/aromatic N) is 1. The van der Waals surface area contributed by atoms with Crippen molar-refractivity contribution in [2.45, 2.75) is 39.3 Å². The first-order chi connectivity index (χ1) is 14.4. The fourth-order valence-electron chi connectivity index (χ4n) is 4.92. The molecule has 0 saturated carbocycles. The Morgan fingerprint density at radius 1 is 0.933 bits per heavy atom. The van der Waals surface area contributed by atoms with Crippen molar-refractivity contribution >= 4 is 16.5 Å². The molecule has 0 bridgehead atoms. The van der Waals surface area contributed by atoms with E-state index in [4.69, 9.17) is 14.2 Å². The molecular formula is C25H29NO4. The molecule has 1 unspecified atom stereocenters. The number of anilines is 1. The Morgan fingerprint density at radius 3 is 2.33 bits per heavy atom. The summed E-state index contributed by atoms with van der Waals surface area (Å²) in [5.74, 6) is 2.56. The summed E-state index contributed by atoms with van der Waals surface area (Å²) in [6, 6.07) is 12.3. The number of aryl methyl sites for hydroxylation is 1. The normalized spacial score (nSPS) is 18.3. The molecule has 0 fully saturated rings. The zero-order valence-corrected chi connectivity index (χ0v) is 18.4. The molecule has 3 aromatic rings. The summed E-state index contributed by atoms with van der Waals surface area (Å²) < 4.78 is 16.8. The maximum absolute atomic E-state index is 10.7. The topological polar surface area (TPSA) is 51.2 Å². The Hall–Kier alpha value is -3.08. The van der Waals surface area contributed by atoms with Crippen molar-refractivity contribution in [3.63, 3.8) is 0 Å². The van der Waals surface area contributed by atoms with E-state index in [-0.39, 0.29) is 17.8 Å². The molecule has 0 amide bonds. The molecule has 30 heavy (non-hydrogen) atoms. The number of benzene rings is 3. The van der Waals surface area contributed by atoms with E-state index >= 15 is 0 Å². The average Bonchev–Trinajstić information content (AvgIpc) is 2.72. The van der Waals surface area contributed by atoms with Gasteiger partial charge in [-0.05, 0) is 68.7 Å². The fourth-order valence-corrected chi connectivity index (χ4v) is 4.92. The lowest BCUT2D eigenvalue weighted by Crippen LogP contribution is -2.41. The predicted molar refractivity (Wildman–Crippen MR) is 121 cm³/mol. The van der Waals surface area contributed by atoms with Crippen LogP contribution in [0.1, 0.15) is 36.6 Å². The summed E-state index contributed by atoms with van der Waals surface area (Å²) in [7, 11) is 5.02. The van der Waals surface area contributed by atoms with Gasteiger partial charge in [-0.3, -0.25) is 0 Å². The first-order valence-corrected chi connectivity index (χ1v) is 10.2. The lowest BCUT2D eigenvalue weighted by atomic mass is 9.87. The third kappa shape index (κ3) is 3.09. The molecule has 0 aromatic heterocycles. The first kappa shape index (κ1) is 20.2. The van der Waals surface area contributed by atoms with E-state index < -0.39 is 0 Å². The number of hydrogen-bond acceptors (Lipinski definition) is 5. The number of methoxy groups -OCH3 is 3. The van der Waals surface area contributed by atoms with Crippen molar-refractivity contribution < 1.29 is 19.3 Å². The molecular weight excluding hydrogens is 378 g/mol. The number of fused-ring (bicyclic) bond motifs is 2. The van der Waals surface area contributed by atoms with Gasteiger partial charge in [-0.1, -0.05) is 0 Å². The van der Waals surface area contributed by atoms with Gasteiger partial charge >= 0.3 is 0 Å². The van der Waals surface area contributed by atoms with Crippen LogP contribution in [0.4, 0.5) is 5.69 Å². The van der Waals surface area contributed by atoms with E-state index in [0.717, 1.165) is 39.9 Å². The minimum absolute atomic E-state index is 0.0869. The Morgan fingerprint density at radius 2 is 1.67 bits per heavy atom.